The van der Waals surface area contributed by atoms with E-state index in [2.05, 4.69) is 82.8 Å². The summed E-state index contributed by atoms with van der Waals surface area (Å²) in [6.45, 7) is 20.1. The van der Waals surface area contributed by atoms with Gasteiger partial charge in [0.25, 0.3) is 17.7 Å². The van der Waals surface area contributed by atoms with E-state index in [1.807, 2.05) is 6.07 Å². The summed E-state index contributed by atoms with van der Waals surface area (Å²) < 4.78 is 0. The second-order valence-corrected chi connectivity index (χ2v) is 17.0. The predicted molar refractivity (Wildman–Crippen MR) is 220 cm³/mol. The molecular weight excluding hydrogens is 745 g/mol. The first-order valence-electron chi connectivity index (χ1n) is 18.8. The van der Waals surface area contributed by atoms with E-state index in [0.29, 0.717) is 41.4 Å². The number of hydrogen-bond acceptors (Lipinski definition) is 6. The second kappa shape index (κ2) is 16.6. The van der Waals surface area contributed by atoms with Crippen molar-refractivity contribution >= 4 is 69.7 Å². The van der Waals surface area contributed by atoms with Gasteiger partial charge >= 0.3 is 0 Å². The average Bonchev–Trinajstić information content (AvgIpc) is 3.44. The fraction of sp³-hybridized carbons (Fsp3) is 0.476. The zero-order valence-corrected chi connectivity index (χ0v) is 35.0. The van der Waals surface area contributed by atoms with Gasteiger partial charge in [-0.25, -0.2) is 0 Å². The number of benzene rings is 3. The summed E-state index contributed by atoms with van der Waals surface area (Å²) in [6, 6.07) is 14.9. The van der Waals surface area contributed by atoms with Crippen molar-refractivity contribution in [1.29, 1.82) is 0 Å². The van der Waals surface area contributed by atoms with E-state index in [0.717, 1.165) is 36.3 Å². The molecule has 0 bridgehead atoms. The number of piperidine rings is 1. The Balaban J connectivity index is 1.48. The van der Waals surface area contributed by atoms with Crippen molar-refractivity contribution in [2.45, 2.75) is 105 Å². The Hall–Kier alpha value is -3.63. The van der Waals surface area contributed by atoms with Crippen molar-refractivity contribution in [2.75, 3.05) is 23.2 Å². The first kappa shape index (κ1) is 41.5. The first-order valence-corrected chi connectivity index (χ1v) is 19.9. The van der Waals surface area contributed by atoms with Gasteiger partial charge in [0.15, 0.2) is 17.6 Å². The number of rotatable bonds is 11. The number of likely N-dealkylation sites (tertiary alicyclic amines) is 1. The smallest absolute Gasteiger partial charge is 0.272 e. The monoisotopic (exact) mass is 795 g/mol. The third kappa shape index (κ3) is 8.60. The Morgan fingerprint density at radius 2 is 1.63 bits per heavy atom. The number of hydrazone groups is 1. The molecule has 1 fully saturated rings. The van der Waals surface area contributed by atoms with Gasteiger partial charge in [-0.05, 0) is 90.4 Å². The summed E-state index contributed by atoms with van der Waals surface area (Å²) in [6.07, 6.45) is 3.67. The zero-order valence-electron chi connectivity index (χ0n) is 32.7. The van der Waals surface area contributed by atoms with Crippen LogP contribution < -0.4 is 20.2 Å². The van der Waals surface area contributed by atoms with E-state index in [4.69, 9.17) is 39.6 Å². The van der Waals surface area contributed by atoms with Crippen LogP contribution in [0.3, 0.4) is 0 Å². The maximum atomic E-state index is 14.2. The molecular formula is C42H52Cl3N5O4. The van der Waals surface area contributed by atoms with E-state index >= 15 is 0 Å². The minimum Gasteiger partial charge on any atom is -0.372 e. The quantitative estimate of drug-likeness (QED) is 0.195. The fourth-order valence-corrected chi connectivity index (χ4v) is 8.00. The number of amidine groups is 1. The lowest BCUT2D eigenvalue weighted by molar-refractivity contribution is -0.122. The van der Waals surface area contributed by atoms with Crippen molar-refractivity contribution in [3.63, 3.8) is 0 Å². The Morgan fingerprint density at radius 1 is 0.963 bits per heavy atom. The van der Waals surface area contributed by atoms with Crippen LogP contribution in [0, 0.1) is 11.8 Å². The van der Waals surface area contributed by atoms with E-state index < -0.39 is 11.9 Å². The molecule has 12 heteroatoms. The van der Waals surface area contributed by atoms with Gasteiger partial charge in [-0.2, -0.15) is 5.01 Å². The minimum atomic E-state index is -0.875. The summed E-state index contributed by atoms with van der Waals surface area (Å²) in [7, 11) is 0. The predicted octanol–water partition coefficient (Wildman–Crippen LogP) is 10.2. The molecule has 2 heterocycles. The lowest BCUT2D eigenvalue weighted by atomic mass is 9.76. The van der Waals surface area contributed by atoms with Crippen molar-refractivity contribution < 1.29 is 19.2 Å². The number of nitrogens with one attached hydrogen (secondary N) is 1. The first-order chi connectivity index (χ1) is 25.4. The highest BCUT2D eigenvalue weighted by Gasteiger charge is 2.45. The summed E-state index contributed by atoms with van der Waals surface area (Å²) >= 11 is 19.3. The van der Waals surface area contributed by atoms with Crippen LogP contribution in [0.4, 0.5) is 11.4 Å². The molecule has 0 saturated carbocycles. The van der Waals surface area contributed by atoms with Gasteiger partial charge in [-0.3, -0.25) is 19.3 Å². The van der Waals surface area contributed by atoms with Gasteiger partial charge in [-0.15, -0.1) is 10.2 Å². The Bertz CT molecular complexity index is 1920. The van der Waals surface area contributed by atoms with Crippen LogP contribution in [0.25, 0.3) is 0 Å². The molecule has 290 valence electrons. The molecule has 3 unspecified atom stereocenters. The molecule has 54 heavy (non-hydrogen) atoms. The molecule has 1 saturated heterocycles. The highest BCUT2D eigenvalue weighted by Crippen LogP contribution is 2.41. The molecule has 3 amide bonds. The van der Waals surface area contributed by atoms with Gasteiger partial charge in [0.1, 0.15) is 5.69 Å². The number of anilines is 2. The van der Waals surface area contributed by atoms with Gasteiger partial charge in [0.05, 0.1) is 15.7 Å². The normalized spacial score (nSPS) is 19.5. The van der Waals surface area contributed by atoms with Crippen LogP contribution in [-0.4, -0.2) is 47.6 Å². The van der Waals surface area contributed by atoms with E-state index in [1.165, 1.54) is 29.7 Å². The van der Waals surface area contributed by atoms with Crippen molar-refractivity contribution in [3.8, 4) is 5.75 Å². The molecule has 0 spiro atoms. The summed E-state index contributed by atoms with van der Waals surface area (Å²) in [5, 5.41) is 10.5. The summed E-state index contributed by atoms with van der Waals surface area (Å²) in [4.78, 5) is 50.0. The van der Waals surface area contributed by atoms with Crippen LogP contribution in [0.5, 0.6) is 5.75 Å². The van der Waals surface area contributed by atoms with Gasteiger partial charge in [-0.1, -0.05) is 115 Å². The van der Waals surface area contributed by atoms with E-state index in [1.54, 1.807) is 24.3 Å². The number of halogens is 3. The largest absolute Gasteiger partial charge is 0.372 e. The number of amides is 3. The number of hydroxylamine groups is 1. The molecule has 3 aromatic carbocycles. The number of nitrogens with zero attached hydrogens (tertiary/aromatic N) is 4. The lowest BCUT2D eigenvalue weighted by Crippen LogP contribution is -2.55. The molecule has 9 nitrogen and oxygen atoms in total. The van der Waals surface area contributed by atoms with E-state index in [-0.39, 0.29) is 49.8 Å². The van der Waals surface area contributed by atoms with Crippen LogP contribution in [0.15, 0.2) is 59.7 Å². The van der Waals surface area contributed by atoms with Gasteiger partial charge in [0.2, 0.25) is 0 Å². The molecule has 0 aromatic heterocycles. The molecule has 0 radical (unpaired) electrons. The third-order valence-electron chi connectivity index (χ3n) is 11.5. The molecule has 1 N–H and O–H groups in total. The topological polar surface area (TPSA) is 94.6 Å². The van der Waals surface area contributed by atoms with Crippen LogP contribution >= 0.6 is 34.8 Å². The fourth-order valence-electron chi connectivity index (χ4n) is 7.02. The Labute approximate surface area is 334 Å². The second-order valence-electron chi connectivity index (χ2n) is 15.8. The maximum absolute atomic E-state index is 14.2. The highest BCUT2D eigenvalue weighted by atomic mass is 35.5. The highest BCUT2D eigenvalue weighted by molar-refractivity contribution is 6.43. The number of carbonyl (C=O) groups is 3. The SMILES string of the molecule is CCC1CN(C2C(=O)N(c3c(Cl)cc(Cl)cc3Cl)N=C2NC(=O)c2cccc(N(Oc3ccc(C(C)(C)CC)cc3C(C)(C)CC)C(C)=O)c2)CCC1C. The third-order valence-corrected chi connectivity index (χ3v) is 12.3. The molecule has 2 aliphatic heterocycles. The number of carbonyl (C=O) groups excluding carboxylic acids is 3. The van der Waals surface area contributed by atoms with Crippen LogP contribution in [-0.2, 0) is 20.4 Å². The standard InChI is InChI=1S/C42H52Cl3N5O4/c1-10-27-24-48(19-18-25(27)4)37-38(47-49(40(37)53)36-33(44)22-30(43)23-34(36)45)46-39(52)28-14-13-15-31(20-28)50(26(5)51)54-35-17-16-29(41(6,7)11-2)21-32(35)42(8,9)12-3/h13-17,20-23,25,27,37H,10-12,18-19,24H2,1-9H3,(H,46,47,52). The van der Waals surface area contributed by atoms with Crippen molar-refractivity contribution in [1.82, 2.24) is 10.2 Å². The van der Waals surface area contributed by atoms with Gasteiger partial charge in [0, 0.05) is 29.6 Å². The zero-order chi connectivity index (χ0) is 39.7. The molecule has 3 aromatic rings. The van der Waals surface area contributed by atoms with Crippen molar-refractivity contribution in [2.24, 2.45) is 16.9 Å². The van der Waals surface area contributed by atoms with Crippen LogP contribution in [0.1, 0.15) is 109 Å². The van der Waals surface area contributed by atoms with Crippen molar-refractivity contribution in [3.05, 3.63) is 86.4 Å². The van der Waals surface area contributed by atoms with Crippen LogP contribution in [0.2, 0.25) is 15.1 Å². The molecule has 2 aliphatic rings. The molecule has 5 rings (SSSR count). The molecule has 0 aliphatic carbocycles. The molecule has 3 atom stereocenters. The lowest BCUT2D eigenvalue weighted by Gasteiger charge is -2.39. The Morgan fingerprint density at radius 3 is 2.24 bits per heavy atom. The Kier molecular flexibility index (Phi) is 12.8. The average molecular weight is 797 g/mol. The summed E-state index contributed by atoms with van der Waals surface area (Å²) in [5.74, 6) is 0.316. The minimum absolute atomic E-state index is 0.0409. The van der Waals surface area contributed by atoms with E-state index in [9.17, 15) is 14.4 Å². The number of hydrogen-bond donors (Lipinski definition) is 1. The maximum Gasteiger partial charge on any atom is 0.272 e. The van der Waals surface area contributed by atoms with Gasteiger partial charge < -0.3 is 10.2 Å². The summed E-state index contributed by atoms with van der Waals surface area (Å²) in [5.41, 5.74) is 2.69.